The summed E-state index contributed by atoms with van der Waals surface area (Å²) in [5, 5.41) is 19.2. The molecule has 1 aromatic heterocycles. The van der Waals surface area contributed by atoms with Gasteiger partial charge in [0, 0.05) is 11.6 Å². The number of alkyl halides is 3. The summed E-state index contributed by atoms with van der Waals surface area (Å²) < 4.78 is 39.9. The summed E-state index contributed by atoms with van der Waals surface area (Å²) in [6.07, 6.45) is -5.94. The third kappa shape index (κ3) is 4.08. The highest BCUT2D eigenvalue weighted by molar-refractivity contribution is 5.71. The fraction of sp³-hybridized carbons (Fsp3) is 0.333. The maximum absolute atomic E-state index is 12.1. The van der Waals surface area contributed by atoms with Crippen LogP contribution in [0.25, 0.3) is 0 Å². The number of rotatable bonds is 4. The van der Waals surface area contributed by atoms with Gasteiger partial charge in [-0.2, -0.15) is 0 Å². The predicted molar refractivity (Wildman–Crippen MR) is 53.7 cm³/mol. The van der Waals surface area contributed by atoms with Crippen molar-refractivity contribution in [2.45, 2.75) is 19.7 Å². The summed E-state index contributed by atoms with van der Waals surface area (Å²) in [5.74, 6) is -2.47. The van der Waals surface area contributed by atoms with Crippen LogP contribution in [0.4, 0.5) is 18.9 Å². The van der Waals surface area contributed by atoms with Crippen molar-refractivity contribution in [1.29, 1.82) is 0 Å². The molecule has 0 fully saturated rings. The van der Waals surface area contributed by atoms with Crippen LogP contribution in [0.2, 0.25) is 0 Å². The Bertz CT molecular complexity index is 529. The molecule has 1 N–H and O–H groups in total. The summed E-state index contributed by atoms with van der Waals surface area (Å²) in [5.41, 5.74) is -1.41. The molecule has 1 heterocycles. The summed E-state index contributed by atoms with van der Waals surface area (Å²) >= 11 is 0. The first-order chi connectivity index (χ1) is 8.60. The van der Waals surface area contributed by atoms with Gasteiger partial charge in [-0.25, -0.2) is 4.98 Å². The largest absolute Gasteiger partial charge is 0.574 e. The average molecular weight is 280 g/mol. The van der Waals surface area contributed by atoms with Gasteiger partial charge in [0.05, 0.1) is 11.3 Å². The first kappa shape index (κ1) is 14.7. The Balaban J connectivity index is 3.31. The topological polar surface area (TPSA) is 103 Å². The number of nitrogens with zero attached hydrogens (tertiary/aromatic N) is 2. The number of aliphatic carboxylic acids is 1. The van der Waals surface area contributed by atoms with Crippen LogP contribution in [0.15, 0.2) is 6.07 Å². The normalized spacial score (nSPS) is 11.2. The van der Waals surface area contributed by atoms with Gasteiger partial charge in [-0.3, -0.25) is 14.9 Å². The van der Waals surface area contributed by atoms with E-state index in [1.165, 1.54) is 0 Å². The number of aryl methyl sites for hydroxylation is 1. The molecule has 1 rings (SSSR count). The molecule has 0 bridgehead atoms. The first-order valence-corrected chi connectivity index (χ1v) is 4.72. The van der Waals surface area contributed by atoms with E-state index >= 15 is 0 Å². The van der Waals surface area contributed by atoms with Crippen LogP contribution in [-0.2, 0) is 11.2 Å². The Hall–Kier alpha value is -2.39. The van der Waals surface area contributed by atoms with E-state index in [1.54, 1.807) is 0 Å². The monoisotopic (exact) mass is 280 g/mol. The minimum atomic E-state index is -5.07. The third-order valence-corrected chi connectivity index (χ3v) is 1.98. The molecule has 0 unspecified atom stereocenters. The molecule has 19 heavy (non-hydrogen) atoms. The van der Waals surface area contributed by atoms with Crippen LogP contribution in [-0.4, -0.2) is 27.3 Å². The lowest BCUT2D eigenvalue weighted by molar-refractivity contribution is -0.385. The van der Waals surface area contributed by atoms with Gasteiger partial charge in [-0.05, 0) is 6.92 Å². The Morgan fingerprint density at radius 1 is 1.58 bits per heavy atom. The van der Waals surface area contributed by atoms with Crippen molar-refractivity contribution in [1.82, 2.24) is 4.98 Å². The molecule has 10 heteroatoms. The molecular formula is C9H7F3N2O5. The van der Waals surface area contributed by atoms with E-state index in [-0.39, 0.29) is 5.69 Å². The molecule has 0 amide bonds. The number of nitro groups is 1. The zero-order chi connectivity index (χ0) is 14.8. The maximum atomic E-state index is 12.1. The van der Waals surface area contributed by atoms with Gasteiger partial charge in [0.1, 0.15) is 5.69 Å². The van der Waals surface area contributed by atoms with Crippen molar-refractivity contribution in [2.75, 3.05) is 0 Å². The summed E-state index contributed by atoms with van der Waals surface area (Å²) in [4.78, 5) is 23.5. The fourth-order valence-corrected chi connectivity index (χ4v) is 1.28. The number of ether oxygens (including phenoxy) is 1. The number of halogens is 3. The number of aromatic nitrogens is 1. The number of carbonyl (C=O) groups is 1. The van der Waals surface area contributed by atoms with Gasteiger partial charge in [-0.1, -0.05) is 0 Å². The number of carboxylic acids is 1. The van der Waals surface area contributed by atoms with Crippen molar-refractivity contribution < 1.29 is 32.7 Å². The molecule has 0 atom stereocenters. The Morgan fingerprint density at radius 2 is 2.16 bits per heavy atom. The summed E-state index contributed by atoms with van der Waals surface area (Å²) in [6.45, 7) is 1.12. The number of pyridine rings is 1. The third-order valence-electron chi connectivity index (χ3n) is 1.98. The van der Waals surface area contributed by atoms with Crippen molar-refractivity contribution in [3.05, 3.63) is 27.4 Å². The quantitative estimate of drug-likeness (QED) is 0.666. The van der Waals surface area contributed by atoms with Gasteiger partial charge < -0.3 is 9.84 Å². The SMILES string of the molecule is Cc1nc(OC(F)(F)F)c(CC(=O)O)cc1[N+](=O)[O-]. The zero-order valence-corrected chi connectivity index (χ0v) is 9.39. The zero-order valence-electron chi connectivity index (χ0n) is 9.39. The lowest BCUT2D eigenvalue weighted by Crippen LogP contribution is -2.20. The predicted octanol–water partition coefficient (Wildman–Crippen LogP) is 1.82. The second-order valence-corrected chi connectivity index (χ2v) is 3.43. The number of hydrogen-bond donors (Lipinski definition) is 1. The van der Waals surface area contributed by atoms with Crippen LogP contribution in [0, 0.1) is 17.0 Å². The molecule has 0 aliphatic carbocycles. The minimum Gasteiger partial charge on any atom is -0.481 e. The van der Waals surface area contributed by atoms with Gasteiger partial charge in [0.25, 0.3) is 5.69 Å². The Kier molecular flexibility index (Phi) is 3.92. The Morgan fingerprint density at radius 3 is 2.58 bits per heavy atom. The molecule has 0 aliphatic rings. The molecule has 7 nitrogen and oxygen atoms in total. The van der Waals surface area contributed by atoms with Crippen LogP contribution in [0.5, 0.6) is 5.88 Å². The van der Waals surface area contributed by atoms with E-state index < -0.39 is 40.8 Å². The van der Waals surface area contributed by atoms with Gasteiger partial charge >= 0.3 is 12.3 Å². The highest BCUT2D eigenvalue weighted by Gasteiger charge is 2.34. The second-order valence-electron chi connectivity index (χ2n) is 3.43. The molecule has 0 radical (unpaired) electrons. The van der Waals surface area contributed by atoms with E-state index in [0.717, 1.165) is 6.92 Å². The average Bonchev–Trinajstić information content (AvgIpc) is 2.18. The van der Waals surface area contributed by atoms with E-state index in [2.05, 4.69) is 9.72 Å². The molecule has 0 saturated carbocycles. The number of carboxylic acid groups (broad SMARTS) is 1. The number of hydrogen-bond acceptors (Lipinski definition) is 5. The smallest absolute Gasteiger partial charge is 0.481 e. The van der Waals surface area contributed by atoms with Crippen LogP contribution in [0.1, 0.15) is 11.3 Å². The Labute approximate surface area is 103 Å². The molecule has 0 spiro atoms. The molecule has 0 aliphatic heterocycles. The van der Waals surface area contributed by atoms with Crippen molar-refractivity contribution in [3.8, 4) is 5.88 Å². The van der Waals surface area contributed by atoms with Crippen LogP contribution < -0.4 is 4.74 Å². The highest BCUT2D eigenvalue weighted by Crippen LogP contribution is 2.29. The standard InChI is InChI=1S/C9H7F3N2O5/c1-4-6(14(17)18)2-5(3-7(15)16)8(13-4)19-9(10,11)12/h2H,3H2,1H3,(H,15,16). The lowest BCUT2D eigenvalue weighted by atomic mass is 10.1. The van der Waals surface area contributed by atoms with E-state index in [9.17, 15) is 28.1 Å². The minimum absolute atomic E-state index is 0.307. The molecular weight excluding hydrogens is 273 g/mol. The van der Waals surface area contributed by atoms with Gasteiger partial charge in [0.15, 0.2) is 0 Å². The first-order valence-electron chi connectivity index (χ1n) is 4.72. The van der Waals surface area contributed by atoms with Gasteiger partial charge in [0.2, 0.25) is 5.88 Å². The lowest BCUT2D eigenvalue weighted by Gasteiger charge is -2.12. The summed E-state index contributed by atoms with van der Waals surface area (Å²) in [7, 11) is 0. The second kappa shape index (κ2) is 5.08. The van der Waals surface area contributed by atoms with Crippen LogP contribution in [0.3, 0.4) is 0 Å². The fourth-order valence-electron chi connectivity index (χ4n) is 1.28. The van der Waals surface area contributed by atoms with Crippen molar-refractivity contribution >= 4 is 11.7 Å². The van der Waals surface area contributed by atoms with Crippen molar-refractivity contribution in [2.24, 2.45) is 0 Å². The van der Waals surface area contributed by atoms with Gasteiger partial charge in [-0.15, -0.1) is 13.2 Å². The van der Waals surface area contributed by atoms with E-state index in [0.29, 0.717) is 6.07 Å². The van der Waals surface area contributed by atoms with Crippen molar-refractivity contribution in [3.63, 3.8) is 0 Å². The molecule has 0 saturated heterocycles. The molecule has 0 aromatic carbocycles. The van der Waals surface area contributed by atoms with Crippen LogP contribution >= 0.6 is 0 Å². The van der Waals surface area contributed by atoms with E-state index in [4.69, 9.17) is 5.11 Å². The molecule has 104 valence electrons. The molecule has 1 aromatic rings. The summed E-state index contributed by atoms with van der Waals surface area (Å²) in [6, 6.07) is 0.706. The van der Waals surface area contributed by atoms with E-state index in [1.807, 2.05) is 0 Å². The highest BCUT2D eigenvalue weighted by atomic mass is 19.4. The maximum Gasteiger partial charge on any atom is 0.574 e.